The van der Waals surface area contributed by atoms with Gasteiger partial charge in [0.2, 0.25) is 5.89 Å². The fraction of sp³-hybridized carbons (Fsp3) is 0.417. The zero-order chi connectivity index (χ0) is 12.7. The third-order valence-electron chi connectivity index (χ3n) is 2.95. The van der Waals surface area contributed by atoms with Crippen molar-refractivity contribution in [2.45, 2.75) is 32.2 Å². The summed E-state index contributed by atoms with van der Waals surface area (Å²) >= 11 is 3.37. The van der Waals surface area contributed by atoms with E-state index in [-0.39, 0.29) is 5.56 Å². The zero-order valence-corrected chi connectivity index (χ0v) is 11.5. The molecule has 2 aromatic heterocycles. The predicted molar refractivity (Wildman–Crippen MR) is 68.5 cm³/mol. The van der Waals surface area contributed by atoms with E-state index in [0.717, 1.165) is 17.3 Å². The summed E-state index contributed by atoms with van der Waals surface area (Å²) in [6, 6.07) is 1.80. The Balaban J connectivity index is 1.89. The van der Waals surface area contributed by atoms with Crippen LogP contribution in [0.2, 0.25) is 0 Å². The second-order valence-electron chi connectivity index (χ2n) is 4.60. The maximum Gasteiger partial charge on any atom is 0.253 e. The van der Waals surface area contributed by atoms with Gasteiger partial charge in [-0.3, -0.25) is 4.79 Å². The molecule has 0 bridgehead atoms. The molecule has 0 amide bonds. The van der Waals surface area contributed by atoms with E-state index in [1.807, 2.05) is 0 Å². The number of hydrogen-bond acceptors (Lipinski definition) is 4. The van der Waals surface area contributed by atoms with E-state index in [1.54, 1.807) is 23.8 Å². The van der Waals surface area contributed by atoms with Crippen molar-refractivity contribution in [3.8, 4) is 0 Å². The van der Waals surface area contributed by atoms with E-state index in [4.69, 9.17) is 4.52 Å². The molecule has 0 unspecified atom stereocenters. The Morgan fingerprint density at radius 2 is 2.33 bits per heavy atom. The number of nitrogens with zero attached hydrogens (tertiary/aromatic N) is 3. The minimum absolute atomic E-state index is 0.0315. The average molecular weight is 310 g/mol. The van der Waals surface area contributed by atoms with Gasteiger partial charge in [0, 0.05) is 22.2 Å². The molecule has 6 heteroatoms. The zero-order valence-electron chi connectivity index (χ0n) is 9.89. The molecule has 3 rings (SSSR count). The summed E-state index contributed by atoms with van der Waals surface area (Å²) in [7, 11) is 0. The van der Waals surface area contributed by atoms with Crippen LogP contribution in [0.1, 0.15) is 36.0 Å². The molecule has 1 aliphatic rings. The fourth-order valence-corrected chi connectivity index (χ4v) is 2.43. The molecule has 2 heterocycles. The van der Waals surface area contributed by atoms with Gasteiger partial charge in [-0.2, -0.15) is 4.98 Å². The molecular formula is C12H12BrN3O2. The van der Waals surface area contributed by atoms with Crippen LogP contribution >= 0.6 is 15.9 Å². The molecule has 1 saturated carbocycles. The first kappa shape index (κ1) is 11.6. The maximum absolute atomic E-state index is 11.9. The molecule has 1 fully saturated rings. The number of rotatable bonds is 3. The van der Waals surface area contributed by atoms with Gasteiger partial charge in [0.05, 0.1) is 6.54 Å². The molecule has 94 valence electrons. The third kappa shape index (κ3) is 2.25. The molecule has 18 heavy (non-hydrogen) atoms. The normalized spacial score (nSPS) is 15.0. The average Bonchev–Trinajstić information content (AvgIpc) is 3.07. The summed E-state index contributed by atoms with van der Waals surface area (Å²) in [6.45, 7) is 2.13. The van der Waals surface area contributed by atoms with Crippen molar-refractivity contribution in [1.82, 2.24) is 14.7 Å². The fourth-order valence-electron chi connectivity index (χ4n) is 1.84. The van der Waals surface area contributed by atoms with Crippen molar-refractivity contribution in [3.05, 3.63) is 44.4 Å². The number of aromatic nitrogens is 3. The van der Waals surface area contributed by atoms with Crippen LogP contribution in [-0.4, -0.2) is 14.7 Å². The quantitative estimate of drug-likeness (QED) is 0.872. The Labute approximate surface area is 112 Å². The van der Waals surface area contributed by atoms with Gasteiger partial charge in [-0.1, -0.05) is 5.16 Å². The first-order valence-electron chi connectivity index (χ1n) is 5.82. The lowest BCUT2D eigenvalue weighted by molar-refractivity contribution is 0.373. The molecule has 5 nitrogen and oxygen atoms in total. The van der Waals surface area contributed by atoms with Crippen molar-refractivity contribution >= 4 is 15.9 Å². The molecule has 0 aliphatic heterocycles. The maximum atomic E-state index is 11.9. The van der Waals surface area contributed by atoms with Crippen LogP contribution in [0.3, 0.4) is 0 Å². The van der Waals surface area contributed by atoms with E-state index >= 15 is 0 Å². The van der Waals surface area contributed by atoms with Crippen LogP contribution in [0, 0.1) is 6.92 Å². The van der Waals surface area contributed by atoms with Gasteiger partial charge in [0.15, 0.2) is 5.82 Å². The van der Waals surface area contributed by atoms with Crippen LogP contribution in [-0.2, 0) is 6.54 Å². The van der Waals surface area contributed by atoms with Crippen molar-refractivity contribution < 1.29 is 4.52 Å². The number of hydrogen-bond donors (Lipinski definition) is 0. The highest BCUT2D eigenvalue weighted by molar-refractivity contribution is 9.10. The molecular weight excluding hydrogens is 298 g/mol. The highest BCUT2D eigenvalue weighted by atomic mass is 79.9. The van der Waals surface area contributed by atoms with E-state index in [9.17, 15) is 4.79 Å². The number of aryl methyl sites for hydroxylation is 1. The largest absolute Gasteiger partial charge is 0.339 e. The summed E-state index contributed by atoms with van der Waals surface area (Å²) in [6.07, 6.45) is 3.98. The van der Waals surface area contributed by atoms with Crippen LogP contribution in [0.15, 0.2) is 26.1 Å². The Bertz CT molecular complexity index is 643. The first-order chi connectivity index (χ1) is 8.63. The van der Waals surface area contributed by atoms with Crippen LogP contribution in [0.5, 0.6) is 0 Å². The third-order valence-corrected chi connectivity index (χ3v) is 3.39. The second-order valence-corrected chi connectivity index (χ2v) is 5.51. The van der Waals surface area contributed by atoms with Gasteiger partial charge in [0.25, 0.3) is 5.56 Å². The monoisotopic (exact) mass is 309 g/mol. The lowest BCUT2D eigenvalue weighted by atomic mass is 10.3. The highest BCUT2D eigenvalue weighted by Gasteiger charge is 2.29. The summed E-state index contributed by atoms with van der Waals surface area (Å²) in [5, 5.41) is 3.91. The molecule has 0 spiro atoms. The number of pyridine rings is 1. The molecule has 1 aliphatic carbocycles. The van der Waals surface area contributed by atoms with Crippen molar-refractivity contribution in [1.29, 1.82) is 0 Å². The van der Waals surface area contributed by atoms with E-state index in [2.05, 4.69) is 26.1 Å². The lowest BCUT2D eigenvalue weighted by Gasteiger charge is -2.04. The van der Waals surface area contributed by atoms with Gasteiger partial charge in [-0.25, -0.2) is 0 Å². The van der Waals surface area contributed by atoms with E-state index in [0.29, 0.717) is 29.7 Å². The van der Waals surface area contributed by atoms with E-state index in [1.165, 1.54) is 0 Å². The topological polar surface area (TPSA) is 60.9 Å². The van der Waals surface area contributed by atoms with Gasteiger partial charge in [-0.05, 0) is 41.8 Å². The highest BCUT2D eigenvalue weighted by Crippen LogP contribution is 2.38. The van der Waals surface area contributed by atoms with Gasteiger partial charge in [0.1, 0.15) is 0 Å². The Kier molecular flexibility index (Phi) is 2.81. The predicted octanol–water partition coefficient (Wildman–Crippen LogP) is 2.23. The number of halogens is 1. The Morgan fingerprint density at radius 1 is 1.56 bits per heavy atom. The SMILES string of the molecule is Cc1cc(Br)cn(Cc2noc(C3CC3)n2)c1=O. The second kappa shape index (κ2) is 4.35. The van der Waals surface area contributed by atoms with Gasteiger partial charge >= 0.3 is 0 Å². The minimum atomic E-state index is -0.0315. The van der Waals surface area contributed by atoms with Crippen LogP contribution in [0.4, 0.5) is 0 Å². The van der Waals surface area contributed by atoms with Crippen molar-refractivity contribution in [3.63, 3.8) is 0 Å². The standard InChI is InChI=1S/C12H12BrN3O2/c1-7-4-9(13)5-16(12(7)17)6-10-14-11(18-15-10)8-2-3-8/h4-5,8H,2-3,6H2,1H3. The smallest absolute Gasteiger partial charge is 0.253 e. The van der Waals surface area contributed by atoms with Gasteiger partial charge < -0.3 is 9.09 Å². The molecule has 2 aromatic rings. The summed E-state index contributed by atoms with van der Waals surface area (Å²) in [5.41, 5.74) is 0.659. The van der Waals surface area contributed by atoms with Gasteiger partial charge in [-0.15, -0.1) is 0 Å². The van der Waals surface area contributed by atoms with E-state index < -0.39 is 0 Å². The van der Waals surface area contributed by atoms with Crippen molar-refractivity contribution in [2.24, 2.45) is 0 Å². The minimum Gasteiger partial charge on any atom is -0.339 e. The molecule has 0 aromatic carbocycles. The Morgan fingerprint density at radius 3 is 3.06 bits per heavy atom. The van der Waals surface area contributed by atoms with Crippen LogP contribution in [0.25, 0.3) is 0 Å². The summed E-state index contributed by atoms with van der Waals surface area (Å²) in [4.78, 5) is 16.2. The Hall–Kier alpha value is -1.43. The molecule has 0 radical (unpaired) electrons. The lowest BCUT2D eigenvalue weighted by Crippen LogP contribution is -2.22. The summed E-state index contributed by atoms with van der Waals surface area (Å²) < 4.78 is 7.62. The molecule has 0 atom stereocenters. The summed E-state index contributed by atoms with van der Waals surface area (Å²) in [5.74, 6) is 1.69. The molecule has 0 saturated heterocycles. The van der Waals surface area contributed by atoms with Crippen LogP contribution < -0.4 is 5.56 Å². The molecule has 0 N–H and O–H groups in total. The van der Waals surface area contributed by atoms with Crippen molar-refractivity contribution in [2.75, 3.05) is 0 Å². The first-order valence-corrected chi connectivity index (χ1v) is 6.62.